The van der Waals surface area contributed by atoms with Gasteiger partial charge in [0, 0.05) is 11.3 Å². The maximum absolute atomic E-state index is 5.71. The summed E-state index contributed by atoms with van der Waals surface area (Å²) >= 11 is 0. The van der Waals surface area contributed by atoms with Gasteiger partial charge in [-0.15, -0.1) is 0 Å². The number of aromatic nitrogens is 2. The van der Waals surface area contributed by atoms with Crippen molar-refractivity contribution in [3.63, 3.8) is 0 Å². The average Bonchev–Trinajstić information content (AvgIpc) is 2.37. The van der Waals surface area contributed by atoms with Crippen LogP contribution in [0.5, 0.6) is 0 Å². The van der Waals surface area contributed by atoms with Gasteiger partial charge < -0.3 is 5.73 Å². The summed E-state index contributed by atoms with van der Waals surface area (Å²) in [5.74, 6) is 0.319. The van der Waals surface area contributed by atoms with Crippen molar-refractivity contribution < 1.29 is 0 Å². The van der Waals surface area contributed by atoms with Gasteiger partial charge in [0.1, 0.15) is 0 Å². The van der Waals surface area contributed by atoms with Gasteiger partial charge in [-0.25, -0.2) is 9.97 Å². The molecule has 2 N–H and O–H groups in total. The van der Waals surface area contributed by atoms with E-state index >= 15 is 0 Å². The number of nitrogens with two attached hydrogens (primary N) is 1. The molecule has 1 heterocycles. The van der Waals surface area contributed by atoms with Gasteiger partial charge >= 0.3 is 0 Å². The van der Waals surface area contributed by atoms with Crippen LogP contribution in [-0.4, -0.2) is 9.97 Å². The van der Waals surface area contributed by atoms with Crippen molar-refractivity contribution in [3.8, 4) is 11.3 Å². The number of nitrogens with zero attached hydrogens (tertiary/aromatic N) is 2. The highest BCUT2D eigenvalue weighted by Gasteiger charge is 2.04. The third-order valence-corrected chi connectivity index (χ3v) is 3.16. The summed E-state index contributed by atoms with van der Waals surface area (Å²) in [6.07, 6.45) is 0. The van der Waals surface area contributed by atoms with E-state index in [0.717, 1.165) is 17.0 Å². The largest absolute Gasteiger partial charge is 0.368 e. The summed E-state index contributed by atoms with van der Waals surface area (Å²) in [4.78, 5) is 8.40. The Morgan fingerprint density at radius 2 is 1.58 bits per heavy atom. The van der Waals surface area contributed by atoms with E-state index in [1.54, 1.807) is 0 Å². The van der Waals surface area contributed by atoms with Crippen LogP contribution in [0.4, 0.5) is 5.95 Å². The Bertz CT molecular complexity index is 743. The molecule has 0 aliphatic carbocycles. The monoisotopic (exact) mass is 249 g/mol. The Labute approximate surface area is 112 Å². The van der Waals surface area contributed by atoms with Gasteiger partial charge in [-0.2, -0.15) is 0 Å². The molecule has 3 rings (SSSR count). The predicted molar refractivity (Wildman–Crippen MR) is 78.9 cm³/mol. The fourth-order valence-corrected chi connectivity index (χ4v) is 2.26. The topological polar surface area (TPSA) is 51.8 Å². The minimum atomic E-state index is 0.319. The Morgan fingerprint density at radius 1 is 0.842 bits per heavy atom. The molecule has 0 aliphatic rings. The molecule has 0 radical (unpaired) electrons. The summed E-state index contributed by atoms with van der Waals surface area (Å²) in [7, 11) is 0. The van der Waals surface area contributed by atoms with Crippen LogP contribution >= 0.6 is 0 Å². The molecule has 1 aromatic heterocycles. The van der Waals surface area contributed by atoms with Gasteiger partial charge in [-0.1, -0.05) is 35.9 Å². The van der Waals surface area contributed by atoms with Crippen LogP contribution < -0.4 is 5.73 Å². The van der Waals surface area contributed by atoms with Crippen molar-refractivity contribution in [1.82, 2.24) is 9.97 Å². The first kappa shape index (κ1) is 11.7. The Morgan fingerprint density at radius 3 is 2.37 bits per heavy atom. The van der Waals surface area contributed by atoms with Gasteiger partial charge in [0.2, 0.25) is 5.95 Å². The minimum absolute atomic E-state index is 0.319. The van der Waals surface area contributed by atoms with Crippen LogP contribution in [0.1, 0.15) is 11.3 Å². The predicted octanol–water partition coefficient (Wildman–Crippen LogP) is 3.50. The lowest BCUT2D eigenvalue weighted by molar-refractivity contribution is 1.12. The summed E-state index contributed by atoms with van der Waals surface area (Å²) in [6.45, 7) is 4.02. The zero-order chi connectivity index (χ0) is 13.4. The normalized spacial score (nSPS) is 10.8. The van der Waals surface area contributed by atoms with Gasteiger partial charge in [0.25, 0.3) is 0 Å². The maximum Gasteiger partial charge on any atom is 0.220 e. The highest BCUT2D eigenvalue weighted by atomic mass is 15.0. The average molecular weight is 249 g/mol. The van der Waals surface area contributed by atoms with E-state index in [-0.39, 0.29) is 0 Å². The minimum Gasteiger partial charge on any atom is -0.368 e. The van der Waals surface area contributed by atoms with Crippen LogP contribution in [0.15, 0.2) is 42.5 Å². The molecule has 0 bridgehead atoms. The first-order chi connectivity index (χ1) is 9.11. The molecular weight excluding hydrogens is 234 g/mol. The molecule has 0 saturated heterocycles. The first-order valence-corrected chi connectivity index (χ1v) is 6.24. The molecule has 3 aromatic rings. The lowest BCUT2D eigenvalue weighted by Crippen LogP contribution is -1.98. The van der Waals surface area contributed by atoms with Crippen molar-refractivity contribution in [1.29, 1.82) is 0 Å². The molecule has 3 nitrogen and oxygen atoms in total. The lowest BCUT2D eigenvalue weighted by Gasteiger charge is -2.06. The summed E-state index contributed by atoms with van der Waals surface area (Å²) < 4.78 is 0. The van der Waals surface area contributed by atoms with E-state index in [4.69, 9.17) is 5.73 Å². The Kier molecular flexibility index (Phi) is 2.67. The third kappa shape index (κ3) is 2.27. The summed E-state index contributed by atoms with van der Waals surface area (Å²) in [6, 6.07) is 14.7. The van der Waals surface area contributed by atoms with E-state index in [9.17, 15) is 0 Å². The van der Waals surface area contributed by atoms with E-state index in [2.05, 4.69) is 53.3 Å². The molecule has 0 spiro atoms. The Hall–Kier alpha value is -2.42. The highest BCUT2D eigenvalue weighted by Crippen LogP contribution is 2.24. The van der Waals surface area contributed by atoms with Gasteiger partial charge in [-0.05, 0) is 36.8 Å². The lowest BCUT2D eigenvalue weighted by atomic mass is 10.0. The van der Waals surface area contributed by atoms with Gasteiger partial charge in [0.15, 0.2) is 0 Å². The SMILES string of the molecule is Cc1ccc2cc(-c3cc(C)nc(N)n3)ccc2c1. The Balaban J connectivity index is 2.17. The number of hydrogen-bond acceptors (Lipinski definition) is 3. The maximum atomic E-state index is 5.71. The molecular formula is C16H15N3. The molecule has 0 saturated carbocycles. The molecule has 0 amide bonds. The zero-order valence-electron chi connectivity index (χ0n) is 11.0. The fraction of sp³-hybridized carbons (Fsp3) is 0.125. The van der Waals surface area contributed by atoms with Crippen LogP contribution in [-0.2, 0) is 0 Å². The molecule has 0 fully saturated rings. The van der Waals surface area contributed by atoms with Gasteiger partial charge in [-0.3, -0.25) is 0 Å². The van der Waals surface area contributed by atoms with Crippen LogP contribution in [0, 0.1) is 13.8 Å². The van der Waals surface area contributed by atoms with Crippen molar-refractivity contribution in [2.45, 2.75) is 13.8 Å². The quantitative estimate of drug-likeness (QED) is 0.718. The molecule has 19 heavy (non-hydrogen) atoms. The third-order valence-electron chi connectivity index (χ3n) is 3.16. The van der Waals surface area contributed by atoms with Crippen molar-refractivity contribution in [2.75, 3.05) is 5.73 Å². The molecule has 3 heteroatoms. The number of fused-ring (bicyclic) bond motifs is 1. The van der Waals surface area contributed by atoms with Crippen LogP contribution in [0.3, 0.4) is 0 Å². The first-order valence-electron chi connectivity index (χ1n) is 6.24. The van der Waals surface area contributed by atoms with E-state index in [0.29, 0.717) is 5.95 Å². The smallest absolute Gasteiger partial charge is 0.220 e. The number of rotatable bonds is 1. The number of benzene rings is 2. The molecule has 94 valence electrons. The second-order valence-corrected chi connectivity index (χ2v) is 4.82. The second-order valence-electron chi connectivity index (χ2n) is 4.82. The molecule has 0 aliphatic heterocycles. The van der Waals surface area contributed by atoms with Crippen LogP contribution in [0.2, 0.25) is 0 Å². The molecule has 0 atom stereocenters. The fourth-order valence-electron chi connectivity index (χ4n) is 2.26. The van der Waals surface area contributed by atoms with Crippen LogP contribution in [0.25, 0.3) is 22.0 Å². The van der Waals surface area contributed by atoms with Gasteiger partial charge in [0.05, 0.1) is 5.69 Å². The van der Waals surface area contributed by atoms with E-state index in [1.807, 2.05) is 13.0 Å². The van der Waals surface area contributed by atoms with E-state index < -0.39 is 0 Å². The summed E-state index contributed by atoms with van der Waals surface area (Å²) in [5, 5.41) is 2.44. The molecule has 2 aromatic carbocycles. The van der Waals surface area contributed by atoms with Crippen molar-refractivity contribution >= 4 is 16.7 Å². The van der Waals surface area contributed by atoms with Crippen molar-refractivity contribution in [2.24, 2.45) is 0 Å². The van der Waals surface area contributed by atoms with Crippen molar-refractivity contribution in [3.05, 3.63) is 53.7 Å². The second kappa shape index (κ2) is 4.35. The number of nitrogen functional groups attached to an aromatic ring is 1. The number of aryl methyl sites for hydroxylation is 2. The molecule has 0 unspecified atom stereocenters. The standard InChI is InChI=1S/C16H15N3/c1-10-3-4-13-9-14(6-5-12(13)7-10)15-8-11(2)18-16(17)19-15/h3-9H,1-2H3,(H2,17,18,19). The zero-order valence-corrected chi connectivity index (χ0v) is 11.0. The van der Waals surface area contributed by atoms with E-state index in [1.165, 1.54) is 16.3 Å². The number of hydrogen-bond donors (Lipinski definition) is 1. The summed E-state index contributed by atoms with van der Waals surface area (Å²) in [5.41, 5.74) is 9.79. The number of anilines is 1. The highest BCUT2D eigenvalue weighted by molar-refractivity contribution is 5.87.